The molecule has 3 rings (SSSR count). The van der Waals surface area contributed by atoms with E-state index in [1.54, 1.807) is 0 Å². The van der Waals surface area contributed by atoms with Gasteiger partial charge in [-0.25, -0.2) is 0 Å². The van der Waals surface area contributed by atoms with Crippen molar-refractivity contribution in [3.63, 3.8) is 0 Å². The van der Waals surface area contributed by atoms with Gasteiger partial charge in [-0.2, -0.15) is 0 Å². The summed E-state index contributed by atoms with van der Waals surface area (Å²) in [4.78, 5) is 2.25. The normalized spacial score (nSPS) is 19.2. The van der Waals surface area contributed by atoms with Gasteiger partial charge in [0.15, 0.2) is 0 Å². The van der Waals surface area contributed by atoms with Crippen LogP contribution in [0.2, 0.25) is 0 Å². The fourth-order valence-electron chi connectivity index (χ4n) is 2.75. The number of nitrogen functional groups attached to an aromatic ring is 1. The zero-order valence-corrected chi connectivity index (χ0v) is 11.7. The minimum Gasteiger partial charge on any atom is -0.403 e. The van der Waals surface area contributed by atoms with Crippen molar-refractivity contribution >= 4 is 11.7 Å². The van der Waals surface area contributed by atoms with Crippen molar-refractivity contribution in [1.29, 1.82) is 0 Å². The molecule has 106 valence electrons. The lowest BCUT2D eigenvalue weighted by atomic mass is 10.0. The van der Waals surface area contributed by atoms with E-state index < -0.39 is 0 Å². The van der Waals surface area contributed by atoms with Gasteiger partial charge >= 0.3 is 6.01 Å². The van der Waals surface area contributed by atoms with Crippen LogP contribution in [0, 0.1) is 0 Å². The van der Waals surface area contributed by atoms with Gasteiger partial charge in [0.2, 0.25) is 5.89 Å². The van der Waals surface area contributed by atoms with Gasteiger partial charge in [-0.15, -0.1) is 5.10 Å². The van der Waals surface area contributed by atoms with E-state index in [4.69, 9.17) is 10.2 Å². The summed E-state index contributed by atoms with van der Waals surface area (Å²) in [5.74, 6) is 0.556. The van der Waals surface area contributed by atoms with Crippen LogP contribution in [0.1, 0.15) is 32.6 Å². The average molecular weight is 272 g/mol. The van der Waals surface area contributed by atoms with Crippen LogP contribution in [-0.4, -0.2) is 22.8 Å². The third-order valence-electron chi connectivity index (χ3n) is 3.92. The summed E-state index contributed by atoms with van der Waals surface area (Å²) in [5.41, 5.74) is 7.33. The molecule has 1 aliphatic rings. The molecule has 1 aromatic carbocycles. The summed E-state index contributed by atoms with van der Waals surface area (Å²) in [6.07, 6.45) is 4.79. The largest absolute Gasteiger partial charge is 0.403 e. The molecule has 2 aromatic rings. The summed E-state index contributed by atoms with van der Waals surface area (Å²) in [6.45, 7) is 3.21. The van der Waals surface area contributed by atoms with Crippen molar-refractivity contribution in [3.8, 4) is 11.5 Å². The molecule has 1 atom stereocenters. The van der Waals surface area contributed by atoms with E-state index in [0.29, 0.717) is 17.9 Å². The number of nitrogens with two attached hydrogens (primary N) is 1. The molecule has 1 aliphatic heterocycles. The Balaban J connectivity index is 1.84. The first-order valence-corrected chi connectivity index (χ1v) is 7.24. The van der Waals surface area contributed by atoms with Crippen molar-refractivity contribution in [3.05, 3.63) is 24.3 Å². The minimum absolute atomic E-state index is 0.517. The van der Waals surface area contributed by atoms with Gasteiger partial charge in [-0.05, 0) is 49.9 Å². The van der Waals surface area contributed by atoms with Crippen LogP contribution < -0.4 is 10.6 Å². The Kier molecular flexibility index (Phi) is 3.58. The van der Waals surface area contributed by atoms with Crippen LogP contribution >= 0.6 is 0 Å². The first kappa shape index (κ1) is 13.0. The molecule has 1 saturated heterocycles. The molecule has 0 saturated carbocycles. The maximum absolute atomic E-state index is 5.84. The van der Waals surface area contributed by atoms with E-state index in [9.17, 15) is 0 Å². The van der Waals surface area contributed by atoms with Crippen molar-refractivity contribution < 1.29 is 4.42 Å². The lowest BCUT2D eigenvalue weighted by molar-refractivity contribution is 0.412. The first-order chi connectivity index (χ1) is 9.78. The second-order valence-corrected chi connectivity index (χ2v) is 5.26. The number of nitrogens with zero attached hydrogens (tertiary/aromatic N) is 3. The molecular weight excluding hydrogens is 252 g/mol. The van der Waals surface area contributed by atoms with Crippen molar-refractivity contribution in [2.75, 3.05) is 17.2 Å². The summed E-state index contributed by atoms with van der Waals surface area (Å²) in [7, 11) is 0. The Labute approximate surface area is 118 Å². The Morgan fingerprint density at radius 2 is 2.05 bits per heavy atom. The zero-order valence-electron chi connectivity index (χ0n) is 11.7. The third-order valence-corrected chi connectivity index (χ3v) is 3.92. The van der Waals surface area contributed by atoms with Gasteiger partial charge in [0.25, 0.3) is 0 Å². The molecule has 2 heterocycles. The second kappa shape index (κ2) is 5.53. The third kappa shape index (κ3) is 2.48. The molecule has 0 spiro atoms. The first-order valence-electron chi connectivity index (χ1n) is 7.24. The summed E-state index contributed by atoms with van der Waals surface area (Å²) in [6, 6.07) is 8.65. The van der Waals surface area contributed by atoms with Crippen LogP contribution in [-0.2, 0) is 0 Å². The minimum atomic E-state index is 0.517. The maximum atomic E-state index is 5.84. The second-order valence-electron chi connectivity index (χ2n) is 5.26. The monoisotopic (exact) mass is 272 g/mol. The number of hydrogen-bond acceptors (Lipinski definition) is 5. The topological polar surface area (TPSA) is 68.2 Å². The van der Waals surface area contributed by atoms with Crippen molar-refractivity contribution in [2.45, 2.75) is 38.6 Å². The van der Waals surface area contributed by atoms with Gasteiger partial charge in [-0.1, -0.05) is 12.0 Å². The molecule has 1 unspecified atom stereocenters. The molecule has 0 aliphatic carbocycles. The van der Waals surface area contributed by atoms with Gasteiger partial charge < -0.3 is 15.1 Å². The Morgan fingerprint density at radius 1 is 1.25 bits per heavy atom. The van der Waals surface area contributed by atoms with Crippen LogP contribution in [0.5, 0.6) is 0 Å². The number of aromatic nitrogens is 2. The van der Waals surface area contributed by atoms with Crippen LogP contribution in [0.15, 0.2) is 28.7 Å². The maximum Gasteiger partial charge on any atom is 0.318 e. The molecule has 5 nitrogen and oxygen atoms in total. The highest BCUT2D eigenvalue weighted by Crippen LogP contribution is 2.28. The molecule has 0 bridgehead atoms. The molecule has 2 N–H and O–H groups in total. The highest BCUT2D eigenvalue weighted by molar-refractivity contribution is 5.57. The Bertz CT molecular complexity index is 564. The van der Waals surface area contributed by atoms with Gasteiger partial charge in [0.05, 0.1) is 0 Å². The van der Waals surface area contributed by atoms with E-state index in [-0.39, 0.29) is 0 Å². The zero-order chi connectivity index (χ0) is 13.9. The smallest absolute Gasteiger partial charge is 0.318 e. The van der Waals surface area contributed by atoms with Crippen LogP contribution in [0.4, 0.5) is 11.7 Å². The quantitative estimate of drug-likeness (QED) is 0.870. The predicted molar refractivity (Wildman–Crippen MR) is 79.4 cm³/mol. The van der Waals surface area contributed by atoms with E-state index >= 15 is 0 Å². The predicted octanol–water partition coefficient (Wildman–Crippen LogP) is 3.09. The van der Waals surface area contributed by atoms with Crippen LogP contribution in [0.25, 0.3) is 11.5 Å². The molecule has 0 radical (unpaired) electrons. The number of benzene rings is 1. The standard InChI is InChI=1S/C15H20N4O/c1-2-13-5-3-4-10-19(13)15-18-17-14(20-15)11-6-8-12(16)9-7-11/h6-9,13H,2-5,10,16H2,1H3. The summed E-state index contributed by atoms with van der Waals surface area (Å²) < 4.78 is 5.84. The van der Waals surface area contributed by atoms with Crippen molar-refractivity contribution in [1.82, 2.24) is 10.2 Å². The highest BCUT2D eigenvalue weighted by Gasteiger charge is 2.25. The Hall–Kier alpha value is -2.04. The SMILES string of the molecule is CCC1CCCCN1c1nnc(-c2ccc(N)cc2)o1. The summed E-state index contributed by atoms with van der Waals surface area (Å²) >= 11 is 0. The highest BCUT2D eigenvalue weighted by atomic mass is 16.4. The Morgan fingerprint density at radius 3 is 2.80 bits per heavy atom. The summed E-state index contributed by atoms with van der Waals surface area (Å²) in [5, 5.41) is 8.38. The van der Waals surface area contributed by atoms with Gasteiger partial charge in [0, 0.05) is 23.8 Å². The lowest BCUT2D eigenvalue weighted by Gasteiger charge is -2.33. The molecule has 1 fully saturated rings. The molecule has 20 heavy (non-hydrogen) atoms. The average Bonchev–Trinajstić information content (AvgIpc) is 2.97. The number of hydrogen-bond donors (Lipinski definition) is 1. The van der Waals surface area contributed by atoms with Crippen LogP contribution in [0.3, 0.4) is 0 Å². The van der Waals surface area contributed by atoms with E-state index in [2.05, 4.69) is 22.0 Å². The molecule has 5 heteroatoms. The number of piperidine rings is 1. The van der Waals surface area contributed by atoms with Gasteiger partial charge in [0.1, 0.15) is 0 Å². The lowest BCUT2D eigenvalue weighted by Crippen LogP contribution is -2.39. The van der Waals surface area contributed by atoms with E-state index in [0.717, 1.165) is 24.2 Å². The number of rotatable bonds is 3. The van der Waals surface area contributed by atoms with E-state index in [1.165, 1.54) is 19.3 Å². The molecule has 0 amide bonds. The van der Waals surface area contributed by atoms with E-state index in [1.807, 2.05) is 24.3 Å². The molecular formula is C15H20N4O. The van der Waals surface area contributed by atoms with Gasteiger partial charge in [-0.3, -0.25) is 0 Å². The number of anilines is 2. The fraction of sp³-hybridized carbons (Fsp3) is 0.467. The van der Waals surface area contributed by atoms with Crippen molar-refractivity contribution in [2.24, 2.45) is 0 Å². The fourth-order valence-corrected chi connectivity index (χ4v) is 2.75. The molecule has 1 aromatic heterocycles.